The highest BCUT2D eigenvalue weighted by Gasteiger charge is 2.08. The highest BCUT2D eigenvalue weighted by molar-refractivity contribution is 5.79. The third-order valence-corrected chi connectivity index (χ3v) is 5.21. The van der Waals surface area contributed by atoms with Gasteiger partial charge in [0.1, 0.15) is 0 Å². The molecule has 0 unspecified atom stereocenters. The summed E-state index contributed by atoms with van der Waals surface area (Å²) in [4.78, 5) is 0. The molecule has 3 aromatic carbocycles. The summed E-state index contributed by atoms with van der Waals surface area (Å²) in [6.07, 6.45) is 6.25. The van der Waals surface area contributed by atoms with Crippen LogP contribution in [0.3, 0.4) is 0 Å². The van der Waals surface area contributed by atoms with Gasteiger partial charge in [-0.3, -0.25) is 0 Å². The van der Waals surface area contributed by atoms with Crippen LogP contribution in [0.1, 0.15) is 36.5 Å². The number of benzene rings is 3. The summed E-state index contributed by atoms with van der Waals surface area (Å²) in [5.41, 5.74) is 10.5. The van der Waals surface area contributed by atoms with Crippen molar-refractivity contribution < 1.29 is 0 Å². The summed E-state index contributed by atoms with van der Waals surface area (Å²) >= 11 is 0. The molecule has 0 nitrogen and oxygen atoms in total. The van der Waals surface area contributed by atoms with Crippen LogP contribution in [0.15, 0.2) is 85.5 Å². The van der Waals surface area contributed by atoms with Crippen LogP contribution >= 0.6 is 0 Å². The van der Waals surface area contributed by atoms with Crippen LogP contribution in [0.5, 0.6) is 0 Å². The van der Waals surface area contributed by atoms with Crippen molar-refractivity contribution in [3.8, 4) is 22.3 Å². The minimum absolute atomic E-state index is 1.01. The molecule has 0 spiro atoms. The SMILES string of the molecule is C=CCC/C(=C\C)c1cccc(-c2ccc(C)c(-c3ccccc3C)c2)c1. The van der Waals surface area contributed by atoms with Gasteiger partial charge in [0.2, 0.25) is 0 Å². The maximum atomic E-state index is 3.85. The summed E-state index contributed by atoms with van der Waals surface area (Å²) in [6, 6.07) is 24.3. The van der Waals surface area contributed by atoms with E-state index < -0.39 is 0 Å². The van der Waals surface area contributed by atoms with Crippen molar-refractivity contribution in [2.45, 2.75) is 33.6 Å². The van der Waals surface area contributed by atoms with Crippen LogP contribution in [0, 0.1) is 13.8 Å². The highest BCUT2D eigenvalue weighted by Crippen LogP contribution is 2.32. The molecule has 0 aliphatic rings. The van der Waals surface area contributed by atoms with Crippen molar-refractivity contribution in [1.82, 2.24) is 0 Å². The van der Waals surface area contributed by atoms with Crippen LogP contribution < -0.4 is 0 Å². The number of allylic oxidation sites excluding steroid dienone is 3. The molecule has 0 heterocycles. The first-order valence-corrected chi connectivity index (χ1v) is 9.67. The van der Waals surface area contributed by atoms with Gasteiger partial charge in [0.15, 0.2) is 0 Å². The van der Waals surface area contributed by atoms with Gasteiger partial charge in [0.25, 0.3) is 0 Å². The van der Waals surface area contributed by atoms with Gasteiger partial charge in [-0.2, -0.15) is 0 Å². The molecule has 136 valence electrons. The van der Waals surface area contributed by atoms with E-state index in [2.05, 4.69) is 100 Å². The third-order valence-electron chi connectivity index (χ3n) is 5.21. The molecule has 0 amide bonds. The number of hydrogen-bond acceptors (Lipinski definition) is 0. The lowest BCUT2D eigenvalue weighted by molar-refractivity contribution is 1.07. The molecule has 0 N–H and O–H groups in total. The summed E-state index contributed by atoms with van der Waals surface area (Å²) in [5, 5.41) is 0. The Morgan fingerprint density at radius 2 is 1.56 bits per heavy atom. The van der Waals surface area contributed by atoms with E-state index in [1.165, 1.54) is 44.5 Å². The van der Waals surface area contributed by atoms with Gasteiger partial charge in [-0.05, 0) is 90.3 Å². The van der Waals surface area contributed by atoms with Crippen molar-refractivity contribution in [1.29, 1.82) is 0 Å². The standard InChI is InChI=1S/C27H28/c1-5-7-12-22(6-2)23-13-10-14-24(18-23)25-17-16-21(4)27(19-25)26-15-9-8-11-20(26)3/h5-6,8-11,13-19H,1,7,12H2,2-4H3/b22-6+. The molecule has 0 aliphatic carbocycles. The van der Waals surface area contributed by atoms with Gasteiger partial charge in [-0.25, -0.2) is 0 Å². The van der Waals surface area contributed by atoms with Gasteiger partial charge in [-0.15, -0.1) is 6.58 Å². The lowest BCUT2D eigenvalue weighted by Gasteiger charge is -2.13. The quantitative estimate of drug-likeness (QED) is 0.394. The van der Waals surface area contributed by atoms with E-state index in [1.807, 2.05) is 6.08 Å². The molecule has 0 saturated carbocycles. The van der Waals surface area contributed by atoms with Gasteiger partial charge in [-0.1, -0.05) is 66.7 Å². The van der Waals surface area contributed by atoms with Crippen molar-refractivity contribution in [2.75, 3.05) is 0 Å². The molecule has 3 aromatic rings. The van der Waals surface area contributed by atoms with E-state index in [1.54, 1.807) is 0 Å². The normalized spacial score (nSPS) is 11.4. The number of rotatable bonds is 6. The minimum Gasteiger partial charge on any atom is -0.103 e. The molecular formula is C27H28. The zero-order valence-corrected chi connectivity index (χ0v) is 16.6. The first-order valence-electron chi connectivity index (χ1n) is 9.67. The Morgan fingerprint density at radius 1 is 0.815 bits per heavy atom. The zero-order valence-electron chi connectivity index (χ0n) is 16.6. The first kappa shape index (κ1) is 18.9. The molecule has 0 bridgehead atoms. The third kappa shape index (κ3) is 4.28. The topological polar surface area (TPSA) is 0 Å². The molecular weight excluding hydrogens is 324 g/mol. The smallest absolute Gasteiger partial charge is 0.0146 e. The molecule has 0 aliphatic heterocycles. The van der Waals surface area contributed by atoms with E-state index in [0.29, 0.717) is 0 Å². The Morgan fingerprint density at radius 3 is 2.30 bits per heavy atom. The minimum atomic E-state index is 1.01. The largest absolute Gasteiger partial charge is 0.103 e. The van der Waals surface area contributed by atoms with E-state index in [4.69, 9.17) is 0 Å². The van der Waals surface area contributed by atoms with Gasteiger partial charge in [0, 0.05) is 0 Å². The number of hydrogen-bond donors (Lipinski definition) is 0. The van der Waals surface area contributed by atoms with Crippen molar-refractivity contribution in [2.24, 2.45) is 0 Å². The summed E-state index contributed by atoms with van der Waals surface area (Å²) in [7, 11) is 0. The first-order chi connectivity index (χ1) is 13.1. The van der Waals surface area contributed by atoms with E-state index in [-0.39, 0.29) is 0 Å². The second kappa shape index (κ2) is 8.68. The van der Waals surface area contributed by atoms with Crippen LogP contribution in [-0.4, -0.2) is 0 Å². The summed E-state index contributed by atoms with van der Waals surface area (Å²) in [5.74, 6) is 0. The van der Waals surface area contributed by atoms with Crippen molar-refractivity contribution in [3.05, 3.63) is 102 Å². The molecule has 0 fully saturated rings. The predicted molar refractivity (Wildman–Crippen MR) is 120 cm³/mol. The highest BCUT2D eigenvalue weighted by atomic mass is 14.1. The van der Waals surface area contributed by atoms with E-state index in [9.17, 15) is 0 Å². The lowest BCUT2D eigenvalue weighted by atomic mass is 9.91. The zero-order chi connectivity index (χ0) is 19.2. The molecule has 0 saturated heterocycles. The van der Waals surface area contributed by atoms with Gasteiger partial charge in [0.05, 0.1) is 0 Å². The van der Waals surface area contributed by atoms with Crippen LogP contribution in [0.4, 0.5) is 0 Å². The summed E-state index contributed by atoms with van der Waals surface area (Å²) < 4.78 is 0. The van der Waals surface area contributed by atoms with Crippen LogP contribution in [-0.2, 0) is 0 Å². The average molecular weight is 353 g/mol. The van der Waals surface area contributed by atoms with E-state index >= 15 is 0 Å². The van der Waals surface area contributed by atoms with Crippen LogP contribution in [0.2, 0.25) is 0 Å². The molecule has 3 rings (SSSR count). The maximum Gasteiger partial charge on any atom is -0.0146 e. The van der Waals surface area contributed by atoms with Crippen LogP contribution in [0.25, 0.3) is 27.8 Å². The Labute approximate surface area is 163 Å². The van der Waals surface area contributed by atoms with Gasteiger partial charge >= 0.3 is 0 Å². The van der Waals surface area contributed by atoms with Gasteiger partial charge < -0.3 is 0 Å². The Bertz CT molecular complexity index is 973. The number of aryl methyl sites for hydroxylation is 2. The molecule has 0 heteroatoms. The molecule has 0 atom stereocenters. The average Bonchev–Trinajstić information content (AvgIpc) is 2.70. The van der Waals surface area contributed by atoms with Crippen molar-refractivity contribution >= 4 is 5.57 Å². The second-order valence-corrected chi connectivity index (χ2v) is 7.07. The fourth-order valence-electron chi connectivity index (χ4n) is 3.58. The van der Waals surface area contributed by atoms with Crippen molar-refractivity contribution in [3.63, 3.8) is 0 Å². The fourth-order valence-corrected chi connectivity index (χ4v) is 3.58. The summed E-state index contributed by atoms with van der Waals surface area (Å²) in [6.45, 7) is 10.3. The predicted octanol–water partition coefficient (Wildman–Crippen LogP) is 8.01. The Hall–Kier alpha value is -2.86. The monoisotopic (exact) mass is 352 g/mol. The molecule has 0 radical (unpaired) electrons. The lowest BCUT2D eigenvalue weighted by Crippen LogP contribution is -1.90. The fraction of sp³-hybridized carbons (Fsp3) is 0.185. The Balaban J connectivity index is 2.03. The Kier molecular flexibility index (Phi) is 6.08. The maximum absolute atomic E-state index is 3.85. The second-order valence-electron chi connectivity index (χ2n) is 7.07. The molecule has 27 heavy (non-hydrogen) atoms. The molecule has 0 aromatic heterocycles. The van der Waals surface area contributed by atoms with E-state index in [0.717, 1.165) is 12.8 Å².